The lowest BCUT2D eigenvalue weighted by atomic mass is 10.0. The van der Waals surface area contributed by atoms with Gasteiger partial charge in [0.2, 0.25) is 6.79 Å². The molecule has 1 aliphatic heterocycles. The molecule has 1 unspecified atom stereocenters. The molecule has 46 heavy (non-hydrogen) atoms. The molecule has 3 aromatic rings. The smallest absolute Gasteiger partial charge is 0.347 e. The number of rotatable bonds is 12. The maximum Gasteiger partial charge on any atom is 0.347 e. The molecule has 0 bridgehead atoms. The highest BCUT2D eigenvalue weighted by molar-refractivity contribution is 7.81. The Kier molecular flexibility index (Phi) is 13.0. The summed E-state index contributed by atoms with van der Waals surface area (Å²) in [4.78, 5) is 40.7. The number of nitrogens with one attached hydrogen (secondary N) is 1. The molecule has 0 aliphatic carbocycles. The predicted molar refractivity (Wildman–Crippen MR) is 179 cm³/mol. The van der Waals surface area contributed by atoms with Crippen LogP contribution >= 0.6 is 24.2 Å². The topological polar surface area (TPSA) is 115 Å². The Hall–Kier alpha value is -4.38. The summed E-state index contributed by atoms with van der Waals surface area (Å²) in [5.41, 5.74) is 1.81. The number of benzene rings is 3. The third-order valence-electron chi connectivity index (χ3n) is 6.95. The number of halogens is 1. The first-order chi connectivity index (χ1) is 22.2. The van der Waals surface area contributed by atoms with E-state index in [-0.39, 0.29) is 40.2 Å². The molecule has 4 rings (SSSR count). The highest BCUT2D eigenvalue weighted by Gasteiger charge is 2.24. The molecule has 9 nitrogen and oxygen atoms in total. The quantitative estimate of drug-likeness (QED) is 0.0310. The van der Waals surface area contributed by atoms with Crippen LogP contribution in [0, 0.1) is 5.41 Å². The Labute approximate surface area is 278 Å². The van der Waals surface area contributed by atoms with E-state index in [4.69, 9.17) is 36.0 Å². The maximum atomic E-state index is 13.1. The van der Waals surface area contributed by atoms with E-state index >= 15 is 0 Å². The number of hydrogen-bond acceptors (Lipinski definition) is 10. The van der Waals surface area contributed by atoms with Crippen molar-refractivity contribution in [2.24, 2.45) is 0 Å². The van der Waals surface area contributed by atoms with E-state index in [1.54, 1.807) is 30.3 Å². The van der Waals surface area contributed by atoms with Gasteiger partial charge in [-0.2, -0.15) is 12.6 Å². The number of hydrogen-bond donors (Lipinski definition) is 2. The summed E-state index contributed by atoms with van der Waals surface area (Å²) >= 11 is 10.9. The number of ether oxygens (including phenoxy) is 4. The minimum absolute atomic E-state index is 0.0399. The Morgan fingerprint density at radius 1 is 0.913 bits per heavy atom. The molecule has 0 radical (unpaired) electrons. The molecule has 240 valence electrons. The van der Waals surface area contributed by atoms with Crippen LogP contribution in [0.25, 0.3) is 0 Å². The highest BCUT2D eigenvalue weighted by atomic mass is 35.5. The average molecular weight is 663 g/mol. The van der Waals surface area contributed by atoms with Crippen molar-refractivity contribution < 1.29 is 33.3 Å². The number of para-hydroxylation sites is 2. The summed E-state index contributed by atoms with van der Waals surface area (Å²) in [5.74, 6) is -2.26. The van der Waals surface area contributed by atoms with Gasteiger partial charge in [-0.15, -0.1) is 0 Å². The lowest BCUT2D eigenvalue weighted by molar-refractivity contribution is -0.146. The Morgan fingerprint density at radius 2 is 1.57 bits per heavy atom. The van der Waals surface area contributed by atoms with Crippen LogP contribution in [0.2, 0.25) is 5.02 Å². The lowest BCUT2D eigenvalue weighted by Gasteiger charge is -2.32. The van der Waals surface area contributed by atoms with Crippen LogP contribution < -0.4 is 9.47 Å². The monoisotopic (exact) mass is 662 g/mol. The zero-order chi connectivity index (χ0) is 32.9. The summed E-state index contributed by atoms with van der Waals surface area (Å²) in [6.45, 7) is 3.28. The Balaban J connectivity index is 1.33. The van der Waals surface area contributed by atoms with Crippen LogP contribution in [0.3, 0.4) is 0 Å². The van der Waals surface area contributed by atoms with Crippen LogP contribution in [0.5, 0.6) is 11.5 Å². The van der Waals surface area contributed by atoms with E-state index in [0.717, 1.165) is 30.5 Å². The van der Waals surface area contributed by atoms with Crippen molar-refractivity contribution in [2.45, 2.75) is 38.0 Å². The summed E-state index contributed by atoms with van der Waals surface area (Å²) < 4.78 is 21.4. The van der Waals surface area contributed by atoms with Crippen molar-refractivity contribution in [1.29, 1.82) is 5.41 Å². The molecule has 11 heteroatoms. The van der Waals surface area contributed by atoms with Crippen molar-refractivity contribution in [3.8, 4) is 11.5 Å². The SMILES string of the molecule is CCC=CCC(=N)Oc1ccccc1C(=O)Oc1ccccc1C(=O)OCOC(=O)C=C1CN(Cc2ccccc2Cl)CCC1S. The normalized spacial score (nSPS) is 15.8. The lowest BCUT2D eigenvalue weighted by Crippen LogP contribution is -2.36. The molecular formula is C35H35ClN2O7S. The zero-order valence-electron chi connectivity index (χ0n) is 25.3. The van der Waals surface area contributed by atoms with Crippen molar-refractivity contribution in [1.82, 2.24) is 4.90 Å². The number of piperidine rings is 1. The number of nitrogens with zero attached hydrogens (tertiary/aromatic N) is 1. The summed E-state index contributed by atoms with van der Waals surface area (Å²) in [5, 5.41) is 8.62. The molecule has 1 aliphatic rings. The van der Waals surface area contributed by atoms with Gasteiger partial charge in [-0.25, -0.2) is 14.4 Å². The minimum atomic E-state index is -0.853. The molecule has 0 spiro atoms. The second-order valence-corrected chi connectivity index (χ2v) is 11.4. The number of thiol groups is 1. The van der Waals surface area contributed by atoms with Gasteiger partial charge in [0, 0.05) is 42.4 Å². The van der Waals surface area contributed by atoms with Gasteiger partial charge >= 0.3 is 17.9 Å². The fourth-order valence-electron chi connectivity index (χ4n) is 4.62. The second-order valence-electron chi connectivity index (χ2n) is 10.3. The highest BCUT2D eigenvalue weighted by Crippen LogP contribution is 2.26. The number of carbonyl (C=O) groups is 3. The van der Waals surface area contributed by atoms with Crippen LogP contribution in [0.4, 0.5) is 0 Å². The molecule has 0 aromatic heterocycles. The summed E-state index contributed by atoms with van der Waals surface area (Å²) in [7, 11) is 0. The molecule has 0 saturated carbocycles. The second kappa shape index (κ2) is 17.4. The van der Waals surface area contributed by atoms with Crippen LogP contribution in [0.15, 0.2) is 96.6 Å². The zero-order valence-corrected chi connectivity index (χ0v) is 27.0. The van der Waals surface area contributed by atoms with Gasteiger partial charge in [-0.3, -0.25) is 10.3 Å². The first kappa shape index (κ1) is 34.5. The third kappa shape index (κ3) is 10.1. The largest absolute Gasteiger partial charge is 0.442 e. The van der Waals surface area contributed by atoms with E-state index in [0.29, 0.717) is 18.1 Å². The third-order valence-corrected chi connectivity index (χ3v) is 7.91. The number of esters is 3. The Morgan fingerprint density at radius 3 is 2.28 bits per heavy atom. The summed E-state index contributed by atoms with van der Waals surface area (Å²) in [6.07, 6.45) is 6.94. The summed E-state index contributed by atoms with van der Waals surface area (Å²) in [6, 6.07) is 20.0. The predicted octanol–water partition coefficient (Wildman–Crippen LogP) is 7.06. The van der Waals surface area contributed by atoms with Crippen LogP contribution in [0.1, 0.15) is 52.5 Å². The Bertz CT molecular complexity index is 1620. The van der Waals surface area contributed by atoms with Crippen molar-refractivity contribution in [3.63, 3.8) is 0 Å². The van der Waals surface area contributed by atoms with E-state index < -0.39 is 24.7 Å². The number of carbonyl (C=O) groups excluding carboxylic acids is 3. The van der Waals surface area contributed by atoms with E-state index in [9.17, 15) is 14.4 Å². The van der Waals surface area contributed by atoms with E-state index in [1.165, 1.54) is 24.3 Å². The molecule has 1 heterocycles. The molecular weight excluding hydrogens is 628 g/mol. The minimum Gasteiger partial charge on any atom is -0.442 e. The van der Waals surface area contributed by atoms with Crippen LogP contribution in [-0.4, -0.2) is 53.8 Å². The van der Waals surface area contributed by atoms with Gasteiger partial charge in [-0.1, -0.05) is 73.1 Å². The van der Waals surface area contributed by atoms with Crippen molar-refractivity contribution >= 4 is 48.0 Å². The van der Waals surface area contributed by atoms with Crippen LogP contribution in [-0.2, 0) is 20.8 Å². The standard InChI is InChI=1S/C35H35ClN2O7S/c1-2-3-4-17-32(37)44-29-15-9-7-13-27(29)35(41)45-30-16-10-6-12-26(30)34(40)43-23-42-33(39)20-25-22-38(19-18-31(25)46)21-24-11-5-8-14-28(24)36/h3-16,20,31,37,46H,2,17-19,21-23H2,1H3. The molecule has 1 atom stereocenters. The van der Waals surface area contributed by atoms with Crippen molar-refractivity contribution in [3.05, 3.63) is 118 Å². The van der Waals surface area contributed by atoms with Gasteiger partial charge < -0.3 is 18.9 Å². The van der Waals surface area contributed by atoms with Gasteiger partial charge in [0.25, 0.3) is 0 Å². The van der Waals surface area contributed by atoms with Gasteiger partial charge in [-0.05, 0) is 54.3 Å². The fraction of sp³-hybridized carbons (Fsp3) is 0.257. The molecule has 0 amide bonds. The van der Waals surface area contributed by atoms with Gasteiger partial charge in [0.1, 0.15) is 22.6 Å². The molecule has 1 saturated heterocycles. The number of allylic oxidation sites excluding steroid dienone is 1. The first-order valence-electron chi connectivity index (χ1n) is 14.7. The maximum absolute atomic E-state index is 13.1. The van der Waals surface area contributed by atoms with E-state index in [1.807, 2.05) is 43.3 Å². The van der Waals surface area contributed by atoms with E-state index in [2.05, 4.69) is 17.5 Å². The average Bonchev–Trinajstić information content (AvgIpc) is 3.04. The van der Waals surface area contributed by atoms with Crippen molar-refractivity contribution in [2.75, 3.05) is 19.9 Å². The molecule has 1 fully saturated rings. The first-order valence-corrected chi connectivity index (χ1v) is 15.6. The fourth-order valence-corrected chi connectivity index (χ4v) is 5.09. The van der Waals surface area contributed by atoms with Gasteiger partial charge in [0.15, 0.2) is 5.90 Å². The molecule has 1 N–H and O–H groups in total. The number of likely N-dealkylation sites (tertiary alicyclic amines) is 1. The molecule has 3 aromatic carbocycles. The van der Waals surface area contributed by atoms with Gasteiger partial charge in [0.05, 0.1) is 0 Å².